The van der Waals surface area contributed by atoms with Gasteiger partial charge in [0.25, 0.3) is 5.91 Å². The summed E-state index contributed by atoms with van der Waals surface area (Å²) < 4.78 is 25.2. The monoisotopic (exact) mass is 531 g/mol. The van der Waals surface area contributed by atoms with Crippen LogP contribution in [0.2, 0.25) is 0 Å². The van der Waals surface area contributed by atoms with Crippen LogP contribution in [0.25, 0.3) is 0 Å². The quantitative estimate of drug-likeness (QED) is 0.335. The van der Waals surface area contributed by atoms with Gasteiger partial charge in [0.1, 0.15) is 34.6 Å². The largest absolute Gasteiger partial charge is 0.497 e. The molecule has 5 rings (SSSR count). The van der Waals surface area contributed by atoms with Crippen molar-refractivity contribution in [2.45, 2.75) is 26.0 Å². The first-order valence-electron chi connectivity index (χ1n) is 12.1. The van der Waals surface area contributed by atoms with Gasteiger partial charge in [-0.15, -0.1) is 11.3 Å². The highest BCUT2D eigenvalue weighted by atomic mass is 32.1. The fourth-order valence-corrected chi connectivity index (χ4v) is 5.24. The molecule has 1 aliphatic rings. The zero-order valence-electron chi connectivity index (χ0n) is 20.9. The molecule has 2 heterocycles. The molecule has 1 N–H and O–H groups in total. The predicted molar refractivity (Wildman–Crippen MR) is 143 cm³/mol. The number of nitrogens with one attached hydrogen (secondary N) is 1. The van der Waals surface area contributed by atoms with Crippen LogP contribution >= 0.6 is 11.3 Å². The highest BCUT2D eigenvalue weighted by Crippen LogP contribution is 2.37. The first-order chi connectivity index (χ1) is 18.4. The molecule has 9 heteroatoms. The molecular formula is C29H26FN3O4S. The Morgan fingerprint density at radius 2 is 1.89 bits per heavy atom. The average Bonchev–Trinajstić information content (AvgIpc) is 3.41. The topological polar surface area (TPSA) is 80.8 Å². The lowest BCUT2D eigenvalue weighted by molar-refractivity contribution is -0.130. The van der Waals surface area contributed by atoms with Gasteiger partial charge in [0.05, 0.1) is 13.2 Å². The summed E-state index contributed by atoms with van der Waals surface area (Å²) in [4.78, 5) is 31.2. The van der Waals surface area contributed by atoms with Crippen LogP contribution in [0, 0.1) is 5.82 Å². The fourth-order valence-electron chi connectivity index (χ4n) is 4.55. The summed E-state index contributed by atoms with van der Waals surface area (Å²) in [6, 6.07) is 18.8. The number of carbonyl (C=O) groups is 2. The summed E-state index contributed by atoms with van der Waals surface area (Å²) in [5, 5.41) is 5.16. The van der Waals surface area contributed by atoms with Crippen molar-refractivity contribution in [3.63, 3.8) is 0 Å². The van der Waals surface area contributed by atoms with Crippen molar-refractivity contribution in [3.05, 3.63) is 105 Å². The third-order valence-electron chi connectivity index (χ3n) is 6.41. The molecule has 4 aromatic rings. The molecule has 7 nitrogen and oxygen atoms in total. The Balaban J connectivity index is 1.30. The maximum absolute atomic E-state index is 14.1. The SMILES string of the molecule is COc1ccc(NC(=O)c2csc(COc3ccc4c(c3)[C@H](c3cccc(F)c3)N(C(C)=O)CC4)n2)cc1. The number of hydrogen-bond acceptors (Lipinski definition) is 6. The molecule has 0 spiro atoms. The van der Waals surface area contributed by atoms with Crippen LogP contribution in [-0.2, 0) is 17.8 Å². The van der Waals surface area contributed by atoms with Crippen LogP contribution in [0.4, 0.5) is 10.1 Å². The summed E-state index contributed by atoms with van der Waals surface area (Å²) in [7, 11) is 1.58. The number of thiazole rings is 1. The second kappa shape index (κ2) is 11.0. The van der Waals surface area contributed by atoms with Gasteiger partial charge in [-0.2, -0.15) is 0 Å². The van der Waals surface area contributed by atoms with Gasteiger partial charge in [-0.3, -0.25) is 9.59 Å². The van der Waals surface area contributed by atoms with Crippen LogP contribution in [-0.4, -0.2) is 35.4 Å². The Hall–Kier alpha value is -4.24. The van der Waals surface area contributed by atoms with E-state index in [1.54, 1.807) is 47.7 Å². The second-order valence-electron chi connectivity index (χ2n) is 8.88. The van der Waals surface area contributed by atoms with E-state index in [9.17, 15) is 14.0 Å². The molecule has 38 heavy (non-hydrogen) atoms. The molecule has 194 valence electrons. The Bertz CT molecular complexity index is 1470. The first kappa shape index (κ1) is 25.4. The van der Waals surface area contributed by atoms with Crippen molar-refractivity contribution in [3.8, 4) is 11.5 Å². The van der Waals surface area contributed by atoms with Gasteiger partial charge in [-0.05, 0) is 71.6 Å². The van der Waals surface area contributed by atoms with Crippen LogP contribution in [0.1, 0.15) is 45.2 Å². The van der Waals surface area contributed by atoms with E-state index in [4.69, 9.17) is 9.47 Å². The summed E-state index contributed by atoms with van der Waals surface area (Å²) in [5.74, 6) is 0.582. The molecule has 1 atom stereocenters. The molecule has 0 aliphatic carbocycles. The fraction of sp³-hybridized carbons (Fsp3) is 0.207. The lowest BCUT2D eigenvalue weighted by atomic mass is 9.88. The maximum atomic E-state index is 14.1. The van der Waals surface area contributed by atoms with Gasteiger partial charge in [-0.1, -0.05) is 18.2 Å². The standard InChI is InChI=1S/C29H26FN3O4S/c1-18(34)33-13-12-19-6-9-24(15-25(19)28(33)20-4-3-5-21(30)14-20)37-16-27-32-26(17-38-27)29(35)31-22-7-10-23(36-2)11-8-22/h3-11,14-15,17,28H,12-13,16H2,1-2H3,(H,31,35)/t28-/m0/s1. The van der Waals surface area contributed by atoms with Crippen molar-refractivity contribution in [2.75, 3.05) is 19.0 Å². The van der Waals surface area contributed by atoms with E-state index in [0.717, 1.165) is 11.1 Å². The Labute approximate surface area is 223 Å². The van der Waals surface area contributed by atoms with Crippen LogP contribution < -0.4 is 14.8 Å². The highest BCUT2D eigenvalue weighted by molar-refractivity contribution is 7.09. The number of halogens is 1. The third-order valence-corrected chi connectivity index (χ3v) is 7.23. The minimum Gasteiger partial charge on any atom is -0.497 e. The minimum atomic E-state index is -0.399. The second-order valence-corrected chi connectivity index (χ2v) is 9.82. The Morgan fingerprint density at radius 3 is 2.63 bits per heavy atom. The highest BCUT2D eigenvalue weighted by Gasteiger charge is 2.31. The normalized spacial score (nSPS) is 14.5. The van der Waals surface area contributed by atoms with Crippen molar-refractivity contribution >= 4 is 28.8 Å². The minimum absolute atomic E-state index is 0.0699. The maximum Gasteiger partial charge on any atom is 0.275 e. The van der Waals surface area contributed by atoms with Gasteiger partial charge < -0.3 is 19.7 Å². The summed E-state index contributed by atoms with van der Waals surface area (Å²) in [6.45, 7) is 2.27. The van der Waals surface area contributed by atoms with E-state index in [0.29, 0.717) is 46.4 Å². The molecule has 1 aromatic heterocycles. The van der Waals surface area contributed by atoms with E-state index < -0.39 is 6.04 Å². The van der Waals surface area contributed by atoms with Crippen molar-refractivity contribution in [1.82, 2.24) is 9.88 Å². The van der Waals surface area contributed by atoms with Crippen LogP contribution in [0.15, 0.2) is 72.1 Å². The number of amides is 2. The third kappa shape index (κ3) is 5.52. The number of aromatic nitrogens is 1. The molecule has 1 aliphatic heterocycles. The summed E-state index contributed by atoms with van der Waals surface area (Å²) >= 11 is 1.33. The summed E-state index contributed by atoms with van der Waals surface area (Å²) in [5.41, 5.74) is 3.66. The van der Waals surface area contributed by atoms with Crippen molar-refractivity contribution < 1.29 is 23.5 Å². The van der Waals surface area contributed by atoms with Gasteiger partial charge in [0, 0.05) is 24.5 Å². The molecule has 0 saturated heterocycles. The molecule has 0 saturated carbocycles. The van der Waals surface area contributed by atoms with Crippen molar-refractivity contribution in [1.29, 1.82) is 0 Å². The van der Waals surface area contributed by atoms with Crippen LogP contribution in [0.5, 0.6) is 11.5 Å². The molecular weight excluding hydrogens is 505 g/mol. The zero-order valence-corrected chi connectivity index (χ0v) is 21.8. The molecule has 0 fully saturated rings. The number of benzene rings is 3. The lowest BCUT2D eigenvalue weighted by Gasteiger charge is -2.37. The van der Waals surface area contributed by atoms with Gasteiger partial charge in [-0.25, -0.2) is 9.37 Å². The molecule has 0 unspecified atom stereocenters. The van der Waals surface area contributed by atoms with Gasteiger partial charge in [0.2, 0.25) is 5.91 Å². The van der Waals surface area contributed by atoms with Crippen LogP contribution in [0.3, 0.4) is 0 Å². The number of methoxy groups -OCH3 is 1. The van der Waals surface area contributed by atoms with E-state index >= 15 is 0 Å². The number of rotatable bonds is 7. The van der Waals surface area contributed by atoms with Gasteiger partial charge in [0.15, 0.2) is 0 Å². The van der Waals surface area contributed by atoms with E-state index in [1.165, 1.54) is 30.4 Å². The Kier molecular flexibility index (Phi) is 7.37. The number of hydrogen-bond donors (Lipinski definition) is 1. The lowest BCUT2D eigenvalue weighted by Crippen LogP contribution is -2.39. The number of ether oxygens (including phenoxy) is 2. The molecule has 2 amide bonds. The van der Waals surface area contributed by atoms with Crippen molar-refractivity contribution in [2.24, 2.45) is 0 Å². The number of fused-ring (bicyclic) bond motifs is 1. The Morgan fingerprint density at radius 1 is 1.11 bits per heavy atom. The summed E-state index contributed by atoms with van der Waals surface area (Å²) in [6.07, 6.45) is 0.708. The van der Waals surface area contributed by atoms with E-state index in [2.05, 4.69) is 10.3 Å². The number of carbonyl (C=O) groups excluding carboxylic acids is 2. The van der Waals surface area contributed by atoms with Gasteiger partial charge >= 0.3 is 0 Å². The first-order valence-corrected chi connectivity index (χ1v) is 13.0. The molecule has 3 aromatic carbocycles. The van der Waals surface area contributed by atoms with E-state index in [1.807, 2.05) is 24.3 Å². The zero-order chi connectivity index (χ0) is 26.6. The number of nitrogens with zero attached hydrogens (tertiary/aromatic N) is 2. The smallest absolute Gasteiger partial charge is 0.275 e. The molecule has 0 bridgehead atoms. The predicted octanol–water partition coefficient (Wildman–Crippen LogP) is 5.62. The average molecular weight is 532 g/mol. The number of anilines is 1. The van der Waals surface area contributed by atoms with E-state index in [-0.39, 0.29) is 24.2 Å². The molecule has 0 radical (unpaired) electrons.